The SMILES string of the molecule is O=C(CCS(=O)(=O)C1CCCC1)Nc1ccccn1. The first kappa shape index (κ1) is 14.0. The van der Waals surface area contributed by atoms with E-state index >= 15 is 0 Å². The molecule has 1 heterocycles. The van der Waals surface area contributed by atoms with Gasteiger partial charge in [0, 0.05) is 12.6 Å². The van der Waals surface area contributed by atoms with Crippen LogP contribution in [-0.4, -0.2) is 30.3 Å². The molecule has 1 fully saturated rings. The maximum atomic E-state index is 12.0. The van der Waals surface area contributed by atoms with Crippen molar-refractivity contribution in [1.29, 1.82) is 0 Å². The van der Waals surface area contributed by atoms with Crippen molar-refractivity contribution in [2.24, 2.45) is 0 Å². The molecule has 5 nitrogen and oxygen atoms in total. The summed E-state index contributed by atoms with van der Waals surface area (Å²) in [6.45, 7) is 0. The summed E-state index contributed by atoms with van der Waals surface area (Å²) in [7, 11) is -3.13. The van der Waals surface area contributed by atoms with Crippen LogP contribution in [0.2, 0.25) is 0 Å². The lowest BCUT2D eigenvalue weighted by Crippen LogP contribution is -2.24. The van der Waals surface area contributed by atoms with Crippen molar-refractivity contribution < 1.29 is 13.2 Å². The summed E-state index contributed by atoms with van der Waals surface area (Å²) in [6.07, 6.45) is 5.00. The molecule has 0 saturated heterocycles. The zero-order chi connectivity index (χ0) is 13.7. The topological polar surface area (TPSA) is 76.1 Å². The third-order valence-corrected chi connectivity index (χ3v) is 5.62. The number of nitrogens with one attached hydrogen (secondary N) is 1. The molecule has 0 unspecified atom stereocenters. The van der Waals surface area contributed by atoms with E-state index in [4.69, 9.17) is 0 Å². The van der Waals surface area contributed by atoms with Crippen molar-refractivity contribution in [3.8, 4) is 0 Å². The van der Waals surface area contributed by atoms with E-state index in [1.54, 1.807) is 24.4 Å². The van der Waals surface area contributed by atoms with Crippen LogP contribution < -0.4 is 5.32 Å². The average Bonchev–Trinajstić information content (AvgIpc) is 2.92. The predicted molar refractivity (Wildman–Crippen MR) is 73.5 cm³/mol. The fraction of sp³-hybridized carbons (Fsp3) is 0.538. The molecular formula is C13H18N2O3S. The Labute approximate surface area is 113 Å². The molecule has 1 N–H and O–H groups in total. The smallest absolute Gasteiger partial charge is 0.226 e. The van der Waals surface area contributed by atoms with Crippen LogP contribution in [0.25, 0.3) is 0 Å². The molecule has 104 valence electrons. The van der Waals surface area contributed by atoms with E-state index in [0.29, 0.717) is 5.82 Å². The maximum absolute atomic E-state index is 12.0. The van der Waals surface area contributed by atoms with Gasteiger partial charge in [0.25, 0.3) is 0 Å². The van der Waals surface area contributed by atoms with Gasteiger partial charge in [-0.25, -0.2) is 13.4 Å². The van der Waals surface area contributed by atoms with Crippen molar-refractivity contribution in [2.75, 3.05) is 11.1 Å². The van der Waals surface area contributed by atoms with E-state index in [1.165, 1.54) is 0 Å². The molecule has 0 aliphatic heterocycles. The van der Waals surface area contributed by atoms with Gasteiger partial charge in [0.1, 0.15) is 5.82 Å². The second-order valence-corrected chi connectivity index (χ2v) is 7.19. The van der Waals surface area contributed by atoms with Gasteiger partial charge in [-0.1, -0.05) is 18.9 Å². The highest BCUT2D eigenvalue weighted by molar-refractivity contribution is 7.92. The number of aromatic nitrogens is 1. The normalized spacial score (nSPS) is 16.4. The highest BCUT2D eigenvalue weighted by atomic mass is 32.2. The van der Waals surface area contributed by atoms with E-state index in [0.717, 1.165) is 25.7 Å². The van der Waals surface area contributed by atoms with Gasteiger partial charge in [0.2, 0.25) is 5.91 Å². The van der Waals surface area contributed by atoms with Crippen LogP contribution in [0.15, 0.2) is 24.4 Å². The standard InChI is InChI=1S/C13H18N2O3S/c16-13(15-12-7-3-4-9-14-12)8-10-19(17,18)11-5-1-2-6-11/h3-4,7,9,11H,1-2,5-6,8,10H2,(H,14,15,16). The molecule has 0 spiro atoms. The number of rotatable bonds is 5. The van der Waals surface area contributed by atoms with Crippen molar-refractivity contribution in [2.45, 2.75) is 37.4 Å². The summed E-state index contributed by atoms with van der Waals surface area (Å²) in [5.41, 5.74) is 0. The number of sulfone groups is 1. The van der Waals surface area contributed by atoms with Gasteiger partial charge < -0.3 is 5.32 Å². The van der Waals surface area contributed by atoms with Gasteiger partial charge in [-0.2, -0.15) is 0 Å². The third-order valence-electron chi connectivity index (χ3n) is 3.36. The van der Waals surface area contributed by atoms with Crippen LogP contribution in [-0.2, 0) is 14.6 Å². The summed E-state index contributed by atoms with van der Waals surface area (Å²) in [5.74, 6) is 0.0714. The molecule has 6 heteroatoms. The Morgan fingerprint density at radius 3 is 2.68 bits per heavy atom. The molecule has 1 aromatic heterocycles. The summed E-state index contributed by atoms with van der Waals surface area (Å²) in [6, 6.07) is 5.18. The van der Waals surface area contributed by atoms with E-state index in [2.05, 4.69) is 10.3 Å². The first-order chi connectivity index (χ1) is 9.08. The Morgan fingerprint density at radius 1 is 1.32 bits per heavy atom. The van der Waals surface area contributed by atoms with E-state index in [-0.39, 0.29) is 23.3 Å². The Morgan fingerprint density at radius 2 is 2.05 bits per heavy atom. The Kier molecular flexibility index (Phi) is 4.52. The van der Waals surface area contributed by atoms with Crippen LogP contribution in [0.4, 0.5) is 5.82 Å². The van der Waals surface area contributed by atoms with Crippen LogP contribution in [0.1, 0.15) is 32.1 Å². The molecule has 1 amide bonds. The van der Waals surface area contributed by atoms with Gasteiger partial charge >= 0.3 is 0 Å². The van der Waals surface area contributed by atoms with Gasteiger partial charge in [0.05, 0.1) is 11.0 Å². The summed E-state index contributed by atoms with van der Waals surface area (Å²) in [4.78, 5) is 15.6. The Balaban J connectivity index is 1.83. The molecular weight excluding hydrogens is 264 g/mol. The van der Waals surface area contributed by atoms with Gasteiger partial charge in [0.15, 0.2) is 9.84 Å². The van der Waals surface area contributed by atoms with Gasteiger partial charge in [-0.15, -0.1) is 0 Å². The molecule has 1 aliphatic carbocycles. The molecule has 0 aromatic carbocycles. The molecule has 0 radical (unpaired) electrons. The molecule has 0 bridgehead atoms. The number of carbonyl (C=O) groups excluding carboxylic acids is 1. The van der Waals surface area contributed by atoms with Crippen molar-refractivity contribution >= 4 is 21.6 Å². The molecule has 2 rings (SSSR count). The zero-order valence-electron chi connectivity index (χ0n) is 10.7. The fourth-order valence-corrected chi connectivity index (χ4v) is 4.15. The largest absolute Gasteiger partial charge is 0.311 e. The second kappa shape index (κ2) is 6.14. The van der Waals surface area contributed by atoms with Crippen molar-refractivity contribution in [3.63, 3.8) is 0 Å². The monoisotopic (exact) mass is 282 g/mol. The molecule has 1 aliphatic rings. The van der Waals surface area contributed by atoms with E-state index in [9.17, 15) is 13.2 Å². The number of hydrogen-bond donors (Lipinski definition) is 1. The van der Waals surface area contributed by atoms with Gasteiger partial charge in [-0.3, -0.25) is 4.79 Å². The van der Waals surface area contributed by atoms with Crippen LogP contribution in [0.5, 0.6) is 0 Å². The van der Waals surface area contributed by atoms with Crippen LogP contribution >= 0.6 is 0 Å². The van der Waals surface area contributed by atoms with Crippen LogP contribution in [0, 0.1) is 0 Å². The lowest BCUT2D eigenvalue weighted by Gasteiger charge is -2.10. The van der Waals surface area contributed by atoms with Crippen molar-refractivity contribution in [3.05, 3.63) is 24.4 Å². The Hall–Kier alpha value is -1.43. The highest BCUT2D eigenvalue weighted by Crippen LogP contribution is 2.25. The molecule has 0 atom stereocenters. The molecule has 19 heavy (non-hydrogen) atoms. The Bertz CT molecular complexity index is 522. The van der Waals surface area contributed by atoms with E-state index < -0.39 is 9.84 Å². The molecule has 1 aromatic rings. The summed E-state index contributed by atoms with van der Waals surface area (Å²) >= 11 is 0. The number of amides is 1. The number of hydrogen-bond acceptors (Lipinski definition) is 4. The number of carbonyl (C=O) groups is 1. The average molecular weight is 282 g/mol. The lowest BCUT2D eigenvalue weighted by molar-refractivity contribution is -0.115. The number of nitrogens with zero attached hydrogens (tertiary/aromatic N) is 1. The summed E-state index contributed by atoms with van der Waals surface area (Å²) < 4.78 is 24.0. The minimum absolute atomic E-state index is 0.00456. The third kappa shape index (κ3) is 4.02. The highest BCUT2D eigenvalue weighted by Gasteiger charge is 2.28. The molecule has 1 saturated carbocycles. The second-order valence-electron chi connectivity index (χ2n) is 4.79. The first-order valence-electron chi connectivity index (χ1n) is 6.50. The minimum atomic E-state index is -3.13. The number of pyridine rings is 1. The minimum Gasteiger partial charge on any atom is -0.311 e. The lowest BCUT2D eigenvalue weighted by atomic mass is 10.4. The fourth-order valence-electron chi connectivity index (χ4n) is 2.29. The van der Waals surface area contributed by atoms with Gasteiger partial charge in [-0.05, 0) is 25.0 Å². The first-order valence-corrected chi connectivity index (χ1v) is 8.22. The predicted octanol–water partition coefficient (Wildman–Crippen LogP) is 1.77. The quantitative estimate of drug-likeness (QED) is 0.893. The number of anilines is 1. The van der Waals surface area contributed by atoms with Crippen molar-refractivity contribution in [1.82, 2.24) is 4.98 Å². The summed E-state index contributed by atoms with van der Waals surface area (Å²) in [5, 5.41) is 2.35. The van der Waals surface area contributed by atoms with Crippen LogP contribution in [0.3, 0.4) is 0 Å². The van der Waals surface area contributed by atoms with E-state index in [1.807, 2.05) is 0 Å². The maximum Gasteiger partial charge on any atom is 0.226 e. The zero-order valence-corrected chi connectivity index (χ0v) is 11.5.